The van der Waals surface area contributed by atoms with Crippen LogP contribution in [0.2, 0.25) is 0 Å². The number of esters is 1. The number of nitrogen functional groups attached to an aromatic ring is 1. The van der Waals surface area contributed by atoms with E-state index in [9.17, 15) is 9.59 Å². The van der Waals surface area contributed by atoms with Crippen molar-refractivity contribution in [2.45, 2.75) is 13.8 Å². The lowest BCUT2D eigenvalue weighted by atomic mass is 10.2. The minimum absolute atomic E-state index is 0.0326. The number of carbonyl (C=O) groups is 2. The number of aryl methyl sites for hydroxylation is 1. The molecule has 0 amide bonds. The number of ether oxygens (including phenoxy) is 1. The fourth-order valence-electron chi connectivity index (χ4n) is 1.77. The molecule has 0 unspecified atom stereocenters. The third kappa shape index (κ3) is 2.37. The molecule has 0 aliphatic heterocycles. The van der Waals surface area contributed by atoms with Crippen LogP contribution in [0.25, 0.3) is 0 Å². The molecule has 0 bridgehead atoms. The van der Waals surface area contributed by atoms with Gasteiger partial charge in [-0.3, -0.25) is 9.78 Å². The maximum atomic E-state index is 12.2. The zero-order chi connectivity index (χ0) is 14.7. The second kappa shape index (κ2) is 5.52. The van der Waals surface area contributed by atoms with E-state index in [1.807, 2.05) is 0 Å². The molecule has 0 aromatic carbocycles. The van der Waals surface area contributed by atoms with E-state index in [2.05, 4.69) is 10.1 Å². The lowest BCUT2D eigenvalue weighted by Crippen LogP contribution is -2.17. The average molecular weight is 274 g/mol. The maximum absolute atomic E-state index is 12.2. The summed E-state index contributed by atoms with van der Waals surface area (Å²) in [6.45, 7) is 3.50. The molecule has 0 aliphatic carbocycles. The van der Waals surface area contributed by atoms with Crippen LogP contribution in [0, 0.1) is 6.92 Å². The quantitative estimate of drug-likeness (QED) is 0.839. The predicted octanol–water partition coefficient (Wildman–Crippen LogP) is 1.03. The van der Waals surface area contributed by atoms with E-state index in [4.69, 9.17) is 10.5 Å². The lowest BCUT2D eigenvalue weighted by Gasteiger charge is -2.03. The Morgan fingerprint density at radius 2 is 2.20 bits per heavy atom. The first-order valence-corrected chi connectivity index (χ1v) is 6.03. The van der Waals surface area contributed by atoms with Crippen molar-refractivity contribution in [2.75, 3.05) is 12.3 Å². The monoisotopic (exact) mass is 274 g/mol. The Labute approximate surface area is 115 Å². The van der Waals surface area contributed by atoms with Gasteiger partial charge in [0.2, 0.25) is 0 Å². The molecule has 7 nitrogen and oxygen atoms in total. The van der Waals surface area contributed by atoms with E-state index in [-0.39, 0.29) is 18.0 Å². The standard InChI is InChI=1S/C13H14N4O3/c1-3-20-13(19)10-8(2)16-17(11(10)14)12(18)9-5-4-6-15-7-9/h4-7H,3,14H2,1-2H3. The molecule has 104 valence electrons. The lowest BCUT2D eigenvalue weighted by molar-refractivity contribution is 0.0527. The summed E-state index contributed by atoms with van der Waals surface area (Å²) in [6, 6.07) is 3.22. The molecule has 20 heavy (non-hydrogen) atoms. The molecule has 7 heteroatoms. The fraction of sp³-hybridized carbons (Fsp3) is 0.231. The van der Waals surface area contributed by atoms with Gasteiger partial charge >= 0.3 is 5.97 Å². The zero-order valence-electron chi connectivity index (χ0n) is 11.2. The van der Waals surface area contributed by atoms with E-state index in [1.165, 1.54) is 6.20 Å². The summed E-state index contributed by atoms with van der Waals surface area (Å²) in [4.78, 5) is 27.9. The molecule has 0 spiro atoms. The molecule has 0 atom stereocenters. The molecule has 0 saturated carbocycles. The third-order valence-corrected chi connectivity index (χ3v) is 2.68. The number of pyridine rings is 1. The number of rotatable bonds is 3. The third-order valence-electron chi connectivity index (χ3n) is 2.68. The van der Waals surface area contributed by atoms with Gasteiger partial charge in [0.1, 0.15) is 11.4 Å². The Hall–Kier alpha value is -2.70. The highest BCUT2D eigenvalue weighted by molar-refractivity contribution is 6.01. The number of hydrogen-bond donors (Lipinski definition) is 1. The van der Waals surface area contributed by atoms with Gasteiger partial charge in [-0.25, -0.2) is 4.79 Å². The van der Waals surface area contributed by atoms with Crippen molar-refractivity contribution in [3.63, 3.8) is 0 Å². The fourth-order valence-corrected chi connectivity index (χ4v) is 1.77. The minimum atomic E-state index is -0.590. The Bertz CT molecular complexity index is 649. The van der Waals surface area contributed by atoms with Crippen LogP contribution >= 0.6 is 0 Å². The van der Waals surface area contributed by atoms with Gasteiger partial charge < -0.3 is 10.5 Å². The first kappa shape index (κ1) is 13.7. The number of anilines is 1. The summed E-state index contributed by atoms with van der Waals surface area (Å²) in [7, 11) is 0. The van der Waals surface area contributed by atoms with Gasteiger partial charge in [0.25, 0.3) is 5.91 Å². The molecule has 2 N–H and O–H groups in total. The zero-order valence-corrected chi connectivity index (χ0v) is 11.2. The number of nitrogens with two attached hydrogens (primary N) is 1. The van der Waals surface area contributed by atoms with Crippen LogP contribution in [0.15, 0.2) is 24.5 Å². The van der Waals surface area contributed by atoms with Gasteiger partial charge in [-0.15, -0.1) is 0 Å². The summed E-state index contributed by atoms with van der Waals surface area (Å²) in [6.07, 6.45) is 2.96. The Kier molecular flexibility index (Phi) is 3.79. The van der Waals surface area contributed by atoms with Crippen molar-refractivity contribution >= 4 is 17.7 Å². The van der Waals surface area contributed by atoms with E-state index in [0.717, 1.165) is 4.68 Å². The van der Waals surface area contributed by atoms with Crippen LogP contribution in [0.4, 0.5) is 5.82 Å². The van der Waals surface area contributed by atoms with Crippen LogP contribution in [-0.4, -0.2) is 33.2 Å². The predicted molar refractivity (Wildman–Crippen MR) is 71.3 cm³/mol. The van der Waals surface area contributed by atoms with Crippen molar-refractivity contribution < 1.29 is 14.3 Å². The van der Waals surface area contributed by atoms with E-state index >= 15 is 0 Å². The highest BCUT2D eigenvalue weighted by Crippen LogP contribution is 2.18. The van der Waals surface area contributed by atoms with Gasteiger partial charge in [-0.1, -0.05) is 0 Å². The van der Waals surface area contributed by atoms with Crippen molar-refractivity contribution in [3.8, 4) is 0 Å². The van der Waals surface area contributed by atoms with E-state index < -0.39 is 11.9 Å². The Morgan fingerprint density at radius 1 is 1.45 bits per heavy atom. The van der Waals surface area contributed by atoms with E-state index in [1.54, 1.807) is 32.2 Å². The molecule has 2 heterocycles. The number of carbonyl (C=O) groups excluding carboxylic acids is 2. The van der Waals surface area contributed by atoms with Crippen LogP contribution in [0.5, 0.6) is 0 Å². The normalized spacial score (nSPS) is 10.3. The van der Waals surface area contributed by atoms with Crippen molar-refractivity contribution in [1.82, 2.24) is 14.8 Å². The molecule has 2 aromatic rings. The highest BCUT2D eigenvalue weighted by Gasteiger charge is 2.24. The molecule has 0 saturated heterocycles. The number of nitrogens with zero attached hydrogens (tertiary/aromatic N) is 3. The minimum Gasteiger partial charge on any atom is -0.462 e. The molecule has 0 aliphatic rings. The number of hydrogen-bond acceptors (Lipinski definition) is 6. The largest absolute Gasteiger partial charge is 0.462 e. The molecule has 0 fully saturated rings. The van der Waals surface area contributed by atoms with E-state index in [0.29, 0.717) is 11.3 Å². The van der Waals surface area contributed by atoms with Gasteiger partial charge in [0, 0.05) is 12.4 Å². The smallest absolute Gasteiger partial charge is 0.343 e. The Morgan fingerprint density at radius 3 is 2.80 bits per heavy atom. The summed E-state index contributed by atoms with van der Waals surface area (Å²) in [5.74, 6) is -1.07. The van der Waals surface area contributed by atoms with Gasteiger partial charge in [0.05, 0.1) is 17.9 Å². The Balaban J connectivity index is 2.42. The summed E-state index contributed by atoms with van der Waals surface area (Å²) in [5, 5.41) is 4.00. The molecule has 0 radical (unpaired) electrons. The van der Waals surface area contributed by atoms with Crippen molar-refractivity contribution in [2.24, 2.45) is 0 Å². The molecular formula is C13H14N4O3. The summed E-state index contributed by atoms with van der Waals surface area (Å²) >= 11 is 0. The topological polar surface area (TPSA) is 100 Å². The highest BCUT2D eigenvalue weighted by atomic mass is 16.5. The van der Waals surface area contributed by atoms with Crippen LogP contribution in [0.3, 0.4) is 0 Å². The van der Waals surface area contributed by atoms with Crippen LogP contribution in [0.1, 0.15) is 33.3 Å². The second-order valence-electron chi connectivity index (χ2n) is 4.02. The SMILES string of the molecule is CCOC(=O)c1c(C)nn(C(=O)c2cccnc2)c1N. The molecule has 2 aromatic heterocycles. The van der Waals surface area contributed by atoms with Crippen LogP contribution in [-0.2, 0) is 4.74 Å². The maximum Gasteiger partial charge on any atom is 0.343 e. The van der Waals surface area contributed by atoms with Crippen molar-refractivity contribution in [3.05, 3.63) is 41.3 Å². The van der Waals surface area contributed by atoms with Gasteiger partial charge in [-0.2, -0.15) is 9.78 Å². The van der Waals surface area contributed by atoms with Gasteiger partial charge in [0.15, 0.2) is 0 Å². The van der Waals surface area contributed by atoms with Crippen LogP contribution < -0.4 is 5.73 Å². The molecule has 2 rings (SSSR count). The molecular weight excluding hydrogens is 260 g/mol. The van der Waals surface area contributed by atoms with Crippen molar-refractivity contribution in [1.29, 1.82) is 0 Å². The van der Waals surface area contributed by atoms with Gasteiger partial charge in [-0.05, 0) is 26.0 Å². The number of aromatic nitrogens is 3. The first-order chi connectivity index (χ1) is 9.56. The average Bonchev–Trinajstić information content (AvgIpc) is 2.74. The first-order valence-electron chi connectivity index (χ1n) is 6.03. The second-order valence-corrected chi connectivity index (χ2v) is 4.02. The summed E-state index contributed by atoms with van der Waals surface area (Å²) in [5.41, 5.74) is 6.62. The summed E-state index contributed by atoms with van der Waals surface area (Å²) < 4.78 is 5.88.